The summed E-state index contributed by atoms with van der Waals surface area (Å²) in [6.45, 7) is 1.53. The fourth-order valence-electron chi connectivity index (χ4n) is 3.44. The lowest BCUT2D eigenvalue weighted by atomic mass is 9.92. The van der Waals surface area contributed by atoms with Crippen LogP contribution in [0.2, 0.25) is 0 Å². The largest absolute Gasteiger partial charge is 0.481 e. The monoisotopic (exact) mass is 296 g/mol. The summed E-state index contributed by atoms with van der Waals surface area (Å²) < 4.78 is 0. The second-order valence-corrected chi connectivity index (χ2v) is 6.50. The fourth-order valence-corrected chi connectivity index (χ4v) is 3.44. The topological polar surface area (TPSA) is 69.6 Å². The van der Waals surface area contributed by atoms with E-state index in [1.54, 1.807) is 0 Å². The molecule has 1 aliphatic heterocycles. The number of hydrogen-bond donors (Lipinski definition) is 2. The normalized spacial score (nSPS) is 21.8. The molecule has 1 saturated carbocycles. The summed E-state index contributed by atoms with van der Waals surface area (Å²) in [6, 6.07) is 0.434. The standard InChI is InChI=1S/C16H28N2O3/c19-15(20)8-7-13-9-11-18(12-10-13)16(21)17-14-5-3-1-2-4-6-14/h13-14H,1-12H2,(H,17,21)(H,19,20). The van der Waals surface area contributed by atoms with Gasteiger partial charge < -0.3 is 15.3 Å². The Labute approximate surface area is 127 Å². The van der Waals surface area contributed by atoms with Crippen LogP contribution in [0.15, 0.2) is 0 Å². The van der Waals surface area contributed by atoms with Crippen molar-refractivity contribution in [2.24, 2.45) is 5.92 Å². The second-order valence-electron chi connectivity index (χ2n) is 6.50. The molecule has 2 fully saturated rings. The lowest BCUT2D eigenvalue weighted by molar-refractivity contribution is -0.137. The highest BCUT2D eigenvalue weighted by Gasteiger charge is 2.24. The Morgan fingerprint density at radius 2 is 1.62 bits per heavy atom. The highest BCUT2D eigenvalue weighted by atomic mass is 16.4. The van der Waals surface area contributed by atoms with Crippen LogP contribution in [0.4, 0.5) is 4.79 Å². The van der Waals surface area contributed by atoms with Crippen LogP contribution in [0, 0.1) is 5.92 Å². The first-order valence-corrected chi connectivity index (χ1v) is 8.42. The molecule has 0 bridgehead atoms. The number of rotatable bonds is 4. The molecule has 2 N–H and O–H groups in total. The molecular formula is C16H28N2O3. The molecule has 1 aliphatic carbocycles. The third-order valence-corrected chi connectivity index (χ3v) is 4.85. The number of carboxylic acids is 1. The molecule has 5 nitrogen and oxygen atoms in total. The molecule has 1 heterocycles. The van der Waals surface area contributed by atoms with Crippen LogP contribution in [-0.2, 0) is 4.79 Å². The average Bonchev–Trinajstić information content (AvgIpc) is 2.74. The number of amides is 2. The van der Waals surface area contributed by atoms with Crippen molar-refractivity contribution in [3.05, 3.63) is 0 Å². The maximum Gasteiger partial charge on any atom is 0.317 e. The molecule has 0 aromatic carbocycles. The van der Waals surface area contributed by atoms with E-state index in [0.29, 0.717) is 12.0 Å². The number of urea groups is 1. The molecule has 0 spiro atoms. The number of nitrogens with one attached hydrogen (secondary N) is 1. The van der Waals surface area contributed by atoms with Crippen molar-refractivity contribution in [1.82, 2.24) is 10.2 Å². The van der Waals surface area contributed by atoms with E-state index in [9.17, 15) is 9.59 Å². The number of piperidine rings is 1. The quantitative estimate of drug-likeness (QED) is 0.784. The summed E-state index contributed by atoms with van der Waals surface area (Å²) in [4.78, 5) is 24.8. The maximum atomic E-state index is 12.3. The molecule has 21 heavy (non-hydrogen) atoms. The predicted octanol–water partition coefficient (Wildman–Crippen LogP) is 3.00. The number of aliphatic carboxylic acids is 1. The molecule has 0 atom stereocenters. The van der Waals surface area contributed by atoms with E-state index in [0.717, 1.165) is 45.2 Å². The molecule has 2 rings (SSSR count). The van der Waals surface area contributed by atoms with Gasteiger partial charge in [-0.15, -0.1) is 0 Å². The first-order valence-electron chi connectivity index (χ1n) is 8.42. The summed E-state index contributed by atoms with van der Waals surface area (Å²) >= 11 is 0. The van der Waals surface area contributed by atoms with Crippen molar-refractivity contribution in [3.8, 4) is 0 Å². The molecule has 1 saturated heterocycles. The van der Waals surface area contributed by atoms with Crippen LogP contribution in [0.3, 0.4) is 0 Å². The third-order valence-electron chi connectivity index (χ3n) is 4.85. The van der Waals surface area contributed by atoms with E-state index < -0.39 is 5.97 Å². The van der Waals surface area contributed by atoms with Crippen LogP contribution in [-0.4, -0.2) is 41.1 Å². The van der Waals surface area contributed by atoms with Crippen molar-refractivity contribution in [2.75, 3.05) is 13.1 Å². The number of carboxylic acid groups (broad SMARTS) is 1. The van der Waals surface area contributed by atoms with Gasteiger partial charge in [0, 0.05) is 25.6 Å². The van der Waals surface area contributed by atoms with Gasteiger partial charge in [0.2, 0.25) is 0 Å². The van der Waals surface area contributed by atoms with Gasteiger partial charge in [0.25, 0.3) is 0 Å². The zero-order valence-corrected chi connectivity index (χ0v) is 12.9. The van der Waals surface area contributed by atoms with Crippen molar-refractivity contribution in [2.45, 2.75) is 70.3 Å². The van der Waals surface area contributed by atoms with E-state index in [1.165, 1.54) is 25.7 Å². The highest BCUT2D eigenvalue weighted by molar-refractivity contribution is 5.74. The minimum atomic E-state index is -0.719. The lowest BCUT2D eigenvalue weighted by Gasteiger charge is -2.33. The fraction of sp³-hybridized carbons (Fsp3) is 0.875. The van der Waals surface area contributed by atoms with E-state index in [1.807, 2.05) is 4.90 Å². The molecular weight excluding hydrogens is 268 g/mol. The minimum Gasteiger partial charge on any atom is -0.481 e. The third kappa shape index (κ3) is 5.56. The molecule has 0 unspecified atom stereocenters. The van der Waals surface area contributed by atoms with Crippen LogP contribution < -0.4 is 5.32 Å². The van der Waals surface area contributed by atoms with Crippen LogP contribution in [0.5, 0.6) is 0 Å². The van der Waals surface area contributed by atoms with Gasteiger partial charge in [-0.2, -0.15) is 0 Å². The van der Waals surface area contributed by atoms with Crippen LogP contribution >= 0.6 is 0 Å². The Morgan fingerprint density at radius 3 is 2.19 bits per heavy atom. The SMILES string of the molecule is O=C(O)CCC1CCN(C(=O)NC2CCCCCC2)CC1. The van der Waals surface area contributed by atoms with Gasteiger partial charge in [0.1, 0.15) is 0 Å². The summed E-state index contributed by atoms with van der Waals surface area (Å²) in [6.07, 6.45) is 10.1. The number of likely N-dealkylation sites (tertiary alicyclic amines) is 1. The van der Waals surface area contributed by atoms with Gasteiger partial charge in [0.15, 0.2) is 0 Å². The number of hydrogen-bond acceptors (Lipinski definition) is 2. The molecule has 0 aromatic heterocycles. The first-order chi connectivity index (χ1) is 10.1. The van der Waals surface area contributed by atoms with Gasteiger partial charge in [0.05, 0.1) is 0 Å². The zero-order chi connectivity index (χ0) is 15.1. The zero-order valence-electron chi connectivity index (χ0n) is 12.9. The van der Waals surface area contributed by atoms with Crippen molar-refractivity contribution < 1.29 is 14.7 Å². The van der Waals surface area contributed by atoms with Gasteiger partial charge in [-0.3, -0.25) is 4.79 Å². The van der Waals surface area contributed by atoms with E-state index in [2.05, 4.69) is 5.32 Å². The number of carbonyl (C=O) groups excluding carboxylic acids is 1. The van der Waals surface area contributed by atoms with E-state index in [4.69, 9.17) is 5.11 Å². The Hall–Kier alpha value is -1.26. The Balaban J connectivity index is 1.68. The Bertz CT molecular complexity index is 343. The van der Waals surface area contributed by atoms with E-state index >= 15 is 0 Å². The lowest BCUT2D eigenvalue weighted by Crippen LogP contribution is -2.47. The summed E-state index contributed by atoms with van der Waals surface area (Å²) in [5.74, 6) is -0.258. The molecule has 120 valence electrons. The molecule has 2 amide bonds. The summed E-state index contributed by atoms with van der Waals surface area (Å²) in [5.41, 5.74) is 0. The van der Waals surface area contributed by atoms with Gasteiger partial charge in [-0.05, 0) is 38.0 Å². The average molecular weight is 296 g/mol. The van der Waals surface area contributed by atoms with Gasteiger partial charge in [-0.1, -0.05) is 25.7 Å². The summed E-state index contributed by atoms with van der Waals surface area (Å²) in [5, 5.41) is 11.9. The maximum absolute atomic E-state index is 12.3. The smallest absolute Gasteiger partial charge is 0.317 e. The Kier molecular flexibility index (Phi) is 6.33. The highest BCUT2D eigenvalue weighted by Crippen LogP contribution is 2.22. The first kappa shape index (κ1) is 16.1. The Morgan fingerprint density at radius 1 is 1.00 bits per heavy atom. The predicted molar refractivity (Wildman–Crippen MR) is 81.2 cm³/mol. The molecule has 0 aromatic rings. The van der Waals surface area contributed by atoms with Gasteiger partial charge in [-0.25, -0.2) is 4.79 Å². The van der Waals surface area contributed by atoms with Gasteiger partial charge >= 0.3 is 12.0 Å². The number of nitrogens with zero attached hydrogens (tertiary/aromatic N) is 1. The minimum absolute atomic E-state index is 0.0820. The molecule has 5 heteroatoms. The number of carbonyl (C=O) groups is 2. The summed E-state index contributed by atoms with van der Waals surface area (Å²) in [7, 11) is 0. The van der Waals surface area contributed by atoms with Crippen LogP contribution in [0.1, 0.15) is 64.2 Å². The second kappa shape index (κ2) is 8.25. The van der Waals surface area contributed by atoms with Crippen LogP contribution in [0.25, 0.3) is 0 Å². The van der Waals surface area contributed by atoms with E-state index in [-0.39, 0.29) is 12.5 Å². The van der Waals surface area contributed by atoms with Crippen molar-refractivity contribution in [3.63, 3.8) is 0 Å². The van der Waals surface area contributed by atoms with Crippen molar-refractivity contribution in [1.29, 1.82) is 0 Å². The molecule has 2 aliphatic rings. The van der Waals surface area contributed by atoms with Crippen molar-refractivity contribution >= 4 is 12.0 Å². The molecule has 0 radical (unpaired) electrons.